The SMILES string of the molecule is CCCCC1=C([Si](C)(c2cc(C)cc(C)c2)c2cc(C)cc(C)c2)CC=C1. The van der Waals surface area contributed by atoms with E-state index in [1.807, 2.05) is 0 Å². The van der Waals surface area contributed by atoms with Gasteiger partial charge in [0.2, 0.25) is 0 Å². The van der Waals surface area contributed by atoms with Crippen LogP contribution < -0.4 is 10.4 Å². The molecule has 2 aromatic carbocycles. The van der Waals surface area contributed by atoms with E-state index in [1.165, 1.54) is 41.5 Å². The Morgan fingerprint density at radius 1 is 0.778 bits per heavy atom. The van der Waals surface area contributed by atoms with Crippen molar-refractivity contribution in [1.82, 2.24) is 0 Å². The fraction of sp³-hybridized carbons (Fsp3) is 0.385. The summed E-state index contributed by atoms with van der Waals surface area (Å²) in [7, 11) is -1.99. The molecule has 0 N–H and O–H groups in total. The molecule has 2 aromatic rings. The quantitative estimate of drug-likeness (QED) is 0.536. The maximum atomic E-state index is 2.59. The van der Waals surface area contributed by atoms with Gasteiger partial charge < -0.3 is 0 Å². The molecule has 0 saturated carbocycles. The van der Waals surface area contributed by atoms with Crippen LogP contribution in [0, 0.1) is 27.7 Å². The second-order valence-corrected chi connectivity index (χ2v) is 12.6. The van der Waals surface area contributed by atoms with E-state index in [-0.39, 0.29) is 0 Å². The van der Waals surface area contributed by atoms with Crippen LogP contribution in [0.25, 0.3) is 0 Å². The highest BCUT2D eigenvalue weighted by Gasteiger charge is 2.38. The first-order chi connectivity index (χ1) is 12.8. The summed E-state index contributed by atoms with van der Waals surface area (Å²) >= 11 is 0. The van der Waals surface area contributed by atoms with Gasteiger partial charge in [0.15, 0.2) is 0 Å². The van der Waals surface area contributed by atoms with Gasteiger partial charge in [0.25, 0.3) is 0 Å². The Kier molecular flexibility index (Phi) is 5.91. The van der Waals surface area contributed by atoms with Crippen LogP contribution in [0.1, 0.15) is 54.9 Å². The smallest absolute Gasteiger partial charge is 0.0806 e. The van der Waals surface area contributed by atoms with E-state index in [9.17, 15) is 0 Å². The molecule has 0 bridgehead atoms. The number of allylic oxidation sites excluding steroid dienone is 4. The highest BCUT2D eigenvalue weighted by atomic mass is 28.3. The van der Waals surface area contributed by atoms with Crippen molar-refractivity contribution in [3.8, 4) is 0 Å². The summed E-state index contributed by atoms with van der Waals surface area (Å²) in [5.74, 6) is 0. The molecule has 0 unspecified atom stereocenters. The molecule has 0 fully saturated rings. The lowest BCUT2D eigenvalue weighted by Crippen LogP contribution is -2.58. The van der Waals surface area contributed by atoms with E-state index in [0.29, 0.717) is 0 Å². The predicted molar refractivity (Wildman–Crippen MR) is 123 cm³/mol. The highest BCUT2D eigenvalue weighted by Crippen LogP contribution is 2.32. The Labute approximate surface area is 167 Å². The molecule has 27 heavy (non-hydrogen) atoms. The molecular formula is C26H34Si. The van der Waals surface area contributed by atoms with Gasteiger partial charge in [-0.05, 0) is 57.3 Å². The van der Waals surface area contributed by atoms with Crippen LogP contribution in [0.2, 0.25) is 6.55 Å². The third-order valence-corrected chi connectivity index (χ3v) is 10.6. The summed E-state index contributed by atoms with van der Waals surface area (Å²) in [4.78, 5) is 0. The van der Waals surface area contributed by atoms with E-state index < -0.39 is 8.07 Å². The van der Waals surface area contributed by atoms with Gasteiger partial charge in [-0.3, -0.25) is 0 Å². The van der Waals surface area contributed by atoms with Gasteiger partial charge in [0.05, 0.1) is 0 Å². The average molecular weight is 375 g/mol. The molecule has 0 radical (unpaired) electrons. The summed E-state index contributed by atoms with van der Waals surface area (Å²) in [5, 5.41) is 4.86. The van der Waals surface area contributed by atoms with Crippen molar-refractivity contribution in [1.29, 1.82) is 0 Å². The van der Waals surface area contributed by atoms with Crippen molar-refractivity contribution in [2.24, 2.45) is 0 Å². The third-order valence-electron chi connectivity index (χ3n) is 6.03. The van der Waals surface area contributed by atoms with Gasteiger partial charge in [0, 0.05) is 0 Å². The number of hydrogen-bond donors (Lipinski definition) is 0. The van der Waals surface area contributed by atoms with Crippen molar-refractivity contribution in [2.45, 2.75) is 66.8 Å². The monoisotopic (exact) mass is 374 g/mol. The van der Waals surface area contributed by atoms with Gasteiger partial charge >= 0.3 is 0 Å². The van der Waals surface area contributed by atoms with Crippen molar-refractivity contribution < 1.29 is 0 Å². The Balaban J connectivity index is 2.26. The Morgan fingerprint density at radius 2 is 1.26 bits per heavy atom. The standard InChI is InChI=1S/C26H34Si/c1-7-8-10-23-11-9-12-26(23)27(6,24-15-19(2)13-20(3)16-24)25-17-21(4)14-22(5)18-25/h9,11,13-18H,7-8,10,12H2,1-6H3. The van der Waals surface area contributed by atoms with Gasteiger partial charge in [-0.1, -0.05) is 101 Å². The molecule has 0 nitrogen and oxygen atoms in total. The van der Waals surface area contributed by atoms with Crippen molar-refractivity contribution in [2.75, 3.05) is 0 Å². The van der Waals surface area contributed by atoms with E-state index >= 15 is 0 Å². The molecule has 0 atom stereocenters. The molecule has 0 saturated heterocycles. The van der Waals surface area contributed by atoms with Crippen LogP contribution in [0.15, 0.2) is 59.3 Å². The second-order valence-electron chi connectivity index (χ2n) is 8.59. The zero-order valence-electron chi connectivity index (χ0n) is 17.9. The number of rotatable bonds is 6. The Bertz CT molecular complexity index is 806. The fourth-order valence-corrected chi connectivity index (χ4v) is 9.19. The molecular weight excluding hydrogens is 340 g/mol. The summed E-state index contributed by atoms with van der Waals surface area (Å²) in [6.45, 7) is 13.9. The van der Waals surface area contributed by atoms with Crippen molar-refractivity contribution in [3.05, 3.63) is 81.6 Å². The number of unbranched alkanes of at least 4 members (excludes halogenated alkanes) is 1. The first kappa shape index (κ1) is 19.9. The van der Waals surface area contributed by atoms with E-state index in [4.69, 9.17) is 0 Å². The van der Waals surface area contributed by atoms with Crippen LogP contribution >= 0.6 is 0 Å². The number of benzene rings is 2. The zero-order chi connectivity index (χ0) is 19.6. The molecule has 0 amide bonds. The van der Waals surface area contributed by atoms with Crippen LogP contribution in [0.5, 0.6) is 0 Å². The second kappa shape index (κ2) is 8.02. The summed E-state index contributed by atoms with van der Waals surface area (Å²) in [5.41, 5.74) is 7.15. The highest BCUT2D eigenvalue weighted by molar-refractivity contribution is 7.06. The van der Waals surface area contributed by atoms with Crippen LogP contribution in [0.3, 0.4) is 0 Å². The lowest BCUT2D eigenvalue weighted by molar-refractivity contribution is 0.797. The Hall–Kier alpha value is -1.86. The van der Waals surface area contributed by atoms with E-state index in [0.717, 1.165) is 6.42 Å². The molecule has 142 valence electrons. The summed E-state index contributed by atoms with van der Waals surface area (Å²) in [6.07, 6.45) is 9.71. The van der Waals surface area contributed by atoms with Gasteiger partial charge in [-0.25, -0.2) is 0 Å². The van der Waals surface area contributed by atoms with E-state index in [2.05, 4.69) is 89.7 Å². The first-order valence-electron chi connectivity index (χ1n) is 10.4. The normalized spacial score (nSPS) is 14.3. The fourth-order valence-electron chi connectivity index (χ4n) is 4.72. The Morgan fingerprint density at radius 3 is 1.70 bits per heavy atom. The molecule has 0 aromatic heterocycles. The first-order valence-corrected chi connectivity index (χ1v) is 12.9. The van der Waals surface area contributed by atoms with Crippen LogP contribution in [-0.2, 0) is 0 Å². The maximum Gasteiger partial charge on any atom is 0.142 e. The lowest BCUT2D eigenvalue weighted by Gasteiger charge is -2.33. The van der Waals surface area contributed by atoms with E-state index in [1.54, 1.807) is 21.1 Å². The van der Waals surface area contributed by atoms with Crippen LogP contribution in [0.4, 0.5) is 0 Å². The van der Waals surface area contributed by atoms with Gasteiger partial charge in [0.1, 0.15) is 8.07 Å². The molecule has 1 aliphatic carbocycles. The zero-order valence-corrected chi connectivity index (χ0v) is 18.9. The van der Waals surface area contributed by atoms with Crippen molar-refractivity contribution in [3.63, 3.8) is 0 Å². The minimum Gasteiger partial charge on any atom is -0.0806 e. The largest absolute Gasteiger partial charge is 0.142 e. The minimum atomic E-state index is -1.99. The third kappa shape index (κ3) is 4.04. The van der Waals surface area contributed by atoms with Crippen molar-refractivity contribution >= 4 is 18.4 Å². The predicted octanol–water partition coefficient (Wildman–Crippen LogP) is 6.10. The minimum absolute atomic E-state index is 1.13. The molecule has 0 aliphatic heterocycles. The van der Waals surface area contributed by atoms with Gasteiger partial charge in [-0.15, -0.1) is 0 Å². The lowest BCUT2D eigenvalue weighted by atomic mass is 10.1. The number of hydrogen-bond acceptors (Lipinski definition) is 0. The number of aryl methyl sites for hydroxylation is 4. The summed E-state index contributed by atoms with van der Waals surface area (Å²) in [6, 6.07) is 14.4. The summed E-state index contributed by atoms with van der Waals surface area (Å²) < 4.78 is 0. The molecule has 0 heterocycles. The average Bonchev–Trinajstić information content (AvgIpc) is 3.06. The topological polar surface area (TPSA) is 0 Å². The molecule has 1 aliphatic rings. The molecule has 3 rings (SSSR count). The van der Waals surface area contributed by atoms with Gasteiger partial charge in [-0.2, -0.15) is 0 Å². The molecule has 0 spiro atoms. The molecule has 1 heteroatoms. The maximum absolute atomic E-state index is 2.59. The van der Waals surface area contributed by atoms with Crippen LogP contribution in [-0.4, -0.2) is 8.07 Å².